The number of carboxylic acid groups (broad SMARTS) is 1. The minimum atomic E-state index is -1.14. The monoisotopic (exact) mass is 594 g/mol. The van der Waals surface area contributed by atoms with Crippen molar-refractivity contribution < 1.29 is 28.6 Å². The first kappa shape index (κ1) is 28.0. The minimum absolute atomic E-state index is 0.0503. The summed E-state index contributed by atoms with van der Waals surface area (Å²) in [5, 5.41) is 18.2. The number of rotatable bonds is 7. The largest absolute Gasteiger partial charge is 0.465 e. The summed E-state index contributed by atoms with van der Waals surface area (Å²) < 4.78 is 21.2. The number of carbonyl (C=O) groups is 3. The van der Waals surface area contributed by atoms with Gasteiger partial charge < -0.3 is 24.5 Å². The molecular weight excluding hydrogens is 563 g/mol. The van der Waals surface area contributed by atoms with Gasteiger partial charge >= 0.3 is 6.09 Å². The highest BCUT2D eigenvalue weighted by molar-refractivity contribution is 9.08. The summed E-state index contributed by atoms with van der Waals surface area (Å²) >= 11 is 3.39. The standard InChI is InChI=1S/C25H32BrFN6O5/c1-16(2)13-32(24(35)22-21(12-26)33(29-28-22)20-6-4-3-5-19(20)27)18-11-17(14-31(15-18)25(36)37)23(34)30-7-9-38-10-8-30/h3-6,16-18H,7-15H2,1-2H3,(H,36,37)/t17-,18+/m1/s1. The van der Waals surface area contributed by atoms with Gasteiger partial charge in [0.25, 0.3) is 5.91 Å². The first-order valence-corrected chi connectivity index (χ1v) is 13.7. The molecule has 4 rings (SSSR count). The van der Waals surface area contributed by atoms with Gasteiger partial charge in [-0.2, -0.15) is 0 Å². The molecule has 13 heteroatoms. The van der Waals surface area contributed by atoms with E-state index in [-0.39, 0.29) is 41.6 Å². The number of ether oxygens (including phenoxy) is 1. The molecule has 1 aromatic carbocycles. The summed E-state index contributed by atoms with van der Waals surface area (Å²) in [5.74, 6) is -1.61. The minimum Gasteiger partial charge on any atom is -0.465 e. The molecule has 2 atom stereocenters. The molecule has 3 heterocycles. The van der Waals surface area contributed by atoms with Gasteiger partial charge in [0.1, 0.15) is 11.5 Å². The highest BCUT2D eigenvalue weighted by Gasteiger charge is 2.41. The third kappa shape index (κ3) is 5.98. The number of halogens is 2. The number of para-hydroxylation sites is 1. The van der Waals surface area contributed by atoms with Crippen LogP contribution in [-0.4, -0.2) is 105 Å². The molecule has 0 aliphatic carbocycles. The van der Waals surface area contributed by atoms with Crippen molar-refractivity contribution >= 4 is 33.8 Å². The van der Waals surface area contributed by atoms with Crippen molar-refractivity contribution in [2.24, 2.45) is 11.8 Å². The molecule has 2 aliphatic rings. The fourth-order valence-electron chi connectivity index (χ4n) is 5.01. The normalized spacial score (nSPS) is 20.0. The smallest absolute Gasteiger partial charge is 0.407 e. The molecule has 11 nitrogen and oxygen atoms in total. The molecule has 0 spiro atoms. The maximum atomic E-state index is 14.5. The average Bonchev–Trinajstić information content (AvgIpc) is 3.35. The Morgan fingerprint density at radius 3 is 2.53 bits per heavy atom. The van der Waals surface area contributed by atoms with Crippen LogP contribution in [0.1, 0.15) is 36.5 Å². The molecule has 0 saturated carbocycles. The molecular formula is C25H32BrFN6O5. The molecule has 2 aliphatic heterocycles. The molecule has 1 N–H and O–H groups in total. The predicted octanol–water partition coefficient (Wildman–Crippen LogP) is 2.63. The van der Waals surface area contributed by atoms with Crippen LogP contribution >= 0.6 is 15.9 Å². The number of alkyl halides is 1. The van der Waals surface area contributed by atoms with E-state index in [4.69, 9.17) is 4.74 Å². The van der Waals surface area contributed by atoms with Crippen LogP contribution in [0, 0.1) is 17.7 Å². The van der Waals surface area contributed by atoms with Gasteiger partial charge in [-0.3, -0.25) is 9.59 Å². The van der Waals surface area contributed by atoms with Crippen molar-refractivity contribution in [3.05, 3.63) is 41.5 Å². The van der Waals surface area contributed by atoms with Crippen LogP contribution in [-0.2, 0) is 14.9 Å². The van der Waals surface area contributed by atoms with E-state index in [9.17, 15) is 23.9 Å². The number of nitrogens with zero attached hydrogens (tertiary/aromatic N) is 6. The molecule has 2 saturated heterocycles. The van der Waals surface area contributed by atoms with E-state index in [1.165, 1.54) is 15.6 Å². The quantitative estimate of drug-likeness (QED) is 0.489. The maximum absolute atomic E-state index is 14.5. The number of hydrogen-bond donors (Lipinski definition) is 1. The maximum Gasteiger partial charge on any atom is 0.407 e. The lowest BCUT2D eigenvalue weighted by Crippen LogP contribution is -2.58. The van der Waals surface area contributed by atoms with Crippen LogP contribution in [0.4, 0.5) is 9.18 Å². The lowest BCUT2D eigenvalue weighted by Gasteiger charge is -2.43. The van der Waals surface area contributed by atoms with Crippen LogP contribution in [0.3, 0.4) is 0 Å². The second-order valence-electron chi connectivity index (χ2n) is 9.94. The number of benzene rings is 1. The van der Waals surface area contributed by atoms with Crippen molar-refractivity contribution in [3.8, 4) is 5.69 Å². The van der Waals surface area contributed by atoms with E-state index in [2.05, 4.69) is 26.2 Å². The summed E-state index contributed by atoms with van der Waals surface area (Å²) in [4.78, 5) is 43.8. The van der Waals surface area contributed by atoms with Gasteiger partial charge in [0, 0.05) is 38.1 Å². The van der Waals surface area contributed by atoms with Crippen LogP contribution in [0.25, 0.3) is 5.69 Å². The summed E-state index contributed by atoms with van der Waals surface area (Å²) in [6.07, 6.45) is -0.818. The summed E-state index contributed by atoms with van der Waals surface area (Å²) in [6.45, 7) is 6.17. The molecule has 2 fully saturated rings. The van der Waals surface area contributed by atoms with Gasteiger partial charge in [0.15, 0.2) is 5.69 Å². The fourth-order valence-corrected chi connectivity index (χ4v) is 5.51. The Kier molecular flexibility index (Phi) is 8.98. The zero-order chi connectivity index (χ0) is 27.4. The topological polar surface area (TPSA) is 121 Å². The van der Waals surface area contributed by atoms with Gasteiger partial charge in [-0.1, -0.05) is 47.1 Å². The Bertz CT molecular complexity index is 1170. The number of aromatic nitrogens is 3. The summed E-state index contributed by atoms with van der Waals surface area (Å²) in [5.41, 5.74) is 0.588. The Morgan fingerprint density at radius 1 is 1.18 bits per heavy atom. The average molecular weight is 595 g/mol. The van der Waals surface area contributed by atoms with E-state index >= 15 is 0 Å². The number of piperidine rings is 1. The third-order valence-electron chi connectivity index (χ3n) is 6.81. The molecule has 38 heavy (non-hydrogen) atoms. The number of morpholine rings is 1. The van der Waals surface area contributed by atoms with Gasteiger partial charge in [-0.25, -0.2) is 13.9 Å². The molecule has 2 aromatic rings. The molecule has 0 radical (unpaired) electrons. The second kappa shape index (κ2) is 12.2. The van der Waals surface area contributed by atoms with Gasteiger partial charge in [-0.15, -0.1) is 5.10 Å². The number of likely N-dealkylation sites (tertiary alicyclic amines) is 1. The van der Waals surface area contributed by atoms with E-state index in [1.54, 1.807) is 28.0 Å². The van der Waals surface area contributed by atoms with Crippen LogP contribution < -0.4 is 0 Å². The highest BCUT2D eigenvalue weighted by atomic mass is 79.9. The van der Waals surface area contributed by atoms with Crippen molar-refractivity contribution in [3.63, 3.8) is 0 Å². The lowest BCUT2D eigenvalue weighted by atomic mass is 9.91. The van der Waals surface area contributed by atoms with Crippen molar-refractivity contribution in [1.29, 1.82) is 0 Å². The Labute approximate surface area is 228 Å². The van der Waals surface area contributed by atoms with E-state index in [0.29, 0.717) is 45.0 Å². The van der Waals surface area contributed by atoms with Gasteiger partial charge in [-0.05, 0) is 24.5 Å². The fraction of sp³-hybridized carbons (Fsp3) is 0.560. The molecule has 206 valence electrons. The van der Waals surface area contributed by atoms with E-state index in [1.807, 2.05) is 13.8 Å². The first-order chi connectivity index (χ1) is 18.2. The Balaban J connectivity index is 1.66. The number of carbonyl (C=O) groups excluding carboxylic acids is 2. The lowest BCUT2D eigenvalue weighted by molar-refractivity contribution is -0.142. The van der Waals surface area contributed by atoms with Crippen LogP contribution in [0.15, 0.2) is 24.3 Å². The Hall–Kier alpha value is -3.06. The van der Waals surface area contributed by atoms with Crippen molar-refractivity contribution in [1.82, 2.24) is 29.7 Å². The molecule has 3 amide bonds. The Morgan fingerprint density at radius 2 is 1.89 bits per heavy atom. The predicted molar refractivity (Wildman–Crippen MR) is 139 cm³/mol. The van der Waals surface area contributed by atoms with E-state index < -0.39 is 29.8 Å². The zero-order valence-corrected chi connectivity index (χ0v) is 23.0. The molecule has 0 unspecified atom stereocenters. The van der Waals surface area contributed by atoms with Crippen molar-refractivity contribution in [2.75, 3.05) is 45.9 Å². The van der Waals surface area contributed by atoms with E-state index in [0.717, 1.165) is 0 Å². The van der Waals surface area contributed by atoms with Crippen molar-refractivity contribution in [2.45, 2.75) is 31.6 Å². The second-order valence-corrected chi connectivity index (χ2v) is 10.5. The third-order valence-corrected chi connectivity index (χ3v) is 7.34. The van der Waals surface area contributed by atoms with Crippen LogP contribution in [0.2, 0.25) is 0 Å². The molecule has 0 bridgehead atoms. The number of hydrogen-bond acceptors (Lipinski definition) is 6. The first-order valence-electron chi connectivity index (χ1n) is 12.6. The highest BCUT2D eigenvalue weighted by Crippen LogP contribution is 2.27. The van der Waals surface area contributed by atoms with Gasteiger partial charge in [0.05, 0.1) is 30.9 Å². The zero-order valence-electron chi connectivity index (χ0n) is 21.4. The summed E-state index contributed by atoms with van der Waals surface area (Å²) in [7, 11) is 0. The van der Waals surface area contributed by atoms with Gasteiger partial charge in [0.2, 0.25) is 5.91 Å². The summed E-state index contributed by atoms with van der Waals surface area (Å²) in [6, 6.07) is 5.52. The SMILES string of the molecule is CC(C)CN(C(=O)c1nnn(-c2ccccc2F)c1CBr)[C@H]1C[C@@H](C(=O)N2CCOCC2)CN(C(=O)O)C1. The molecule has 1 aromatic heterocycles. The van der Waals surface area contributed by atoms with Crippen LogP contribution in [0.5, 0.6) is 0 Å². The number of amides is 3.